The van der Waals surface area contributed by atoms with Crippen LogP contribution in [0.3, 0.4) is 0 Å². The Labute approximate surface area is 126 Å². The van der Waals surface area contributed by atoms with Crippen molar-refractivity contribution in [3.63, 3.8) is 0 Å². The molecule has 23 heavy (non-hydrogen) atoms. The SMILES string of the molecule is Cc1nc(C(F)(F)F)ccc1-c1nc(-c2ccc(=O)[nH]n2)no1. The lowest BCUT2D eigenvalue weighted by atomic mass is 10.2. The molecule has 0 aliphatic carbocycles. The van der Waals surface area contributed by atoms with E-state index in [1.54, 1.807) is 0 Å². The number of H-pyrrole nitrogens is 1. The molecule has 0 atom stereocenters. The predicted molar refractivity (Wildman–Crippen MR) is 71.1 cm³/mol. The number of nitrogens with zero attached hydrogens (tertiary/aromatic N) is 4. The van der Waals surface area contributed by atoms with Gasteiger partial charge >= 0.3 is 6.18 Å². The zero-order chi connectivity index (χ0) is 16.6. The molecule has 0 spiro atoms. The van der Waals surface area contributed by atoms with Gasteiger partial charge in [0.2, 0.25) is 5.82 Å². The number of rotatable bonds is 2. The fourth-order valence-electron chi connectivity index (χ4n) is 1.85. The molecule has 0 bridgehead atoms. The number of hydrogen-bond donors (Lipinski definition) is 1. The molecule has 0 radical (unpaired) electrons. The van der Waals surface area contributed by atoms with E-state index in [0.717, 1.165) is 6.07 Å². The Morgan fingerprint density at radius 1 is 1.13 bits per heavy atom. The molecule has 0 aliphatic rings. The van der Waals surface area contributed by atoms with Crippen molar-refractivity contribution >= 4 is 0 Å². The third-order valence-corrected chi connectivity index (χ3v) is 2.94. The second-order valence-electron chi connectivity index (χ2n) is 4.56. The number of hydrogen-bond acceptors (Lipinski definition) is 6. The second-order valence-corrected chi connectivity index (χ2v) is 4.56. The number of nitrogens with one attached hydrogen (secondary N) is 1. The zero-order valence-electron chi connectivity index (χ0n) is 11.5. The van der Waals surface area contributed by atoms with Crippen LogP contribution in [0.2, 0.25) is 0 Å². The number of halogens is 3. The van der Waals surface area contributed by atoms with E-state index >= 15 is 0 Å². The molecular formula is C13H8F3N5O2. The van der Waals surface area contributed by atoms with Crippen LogP contribution in [0.1, 0.15) is 11.4 Å². The van der Waals surface area contributed by atoms with Crippen LogP contribution in [0.15, 0.2) is 33.6 Å². The van der Waals surface area contributed by atoms with Gasteiger partial charge in [0.05, 0.1) is 11.3 Å². The van der Waals surface area contributed by atoms with Crippen LogP contribution in [0, 0.1) is 6.92 Å². The summed E-state index contributed by atoms with van der Waals surface area (Å²) >= 11 is 0. The molecular weight excluding hydrogens is 315 g/mol. The predicted octanol–water partition coefficient (Wildman–Crippen LogP) is 2.21. The Morgan fingerprint density at radius 2 is 1.91 bits per heavy atom. The number of aromatic amines is 1. The number of aromatic nitrogens is 5. The average molecular weight is 323 g/mol. The molecule has 0 fully saturated rings. The summed E-state index contributed by atoms with van der Waals surface area (Å²) in [5.74, 6) is 0.0993. The summed E-state index contributed by atoms with van der Waals surface area (Å²) in [5, 5.41) is 9.64. The molecule has 3 aromatic rings. The molecule has 10 heteroatoms. The lowest BCUT2D eigenvalue weighted by Crippen LogP contribution is -2.09. The molecule has 7 nitrogen and oxygen atoms in total. The van der Waals surface area contributed by atoms with E-state index in [1.165, 1.54) is 25.1 Å². The number of aryl methyl sites for hydroxylation is 1. The molecule has 0 saturated carbocycles. The third-order valence-electron chi connectivity index (χ3n) is 2.94. The van der Waals surface area contributed by atoms with E-state index < -0.39 is 11.9 Å². The van der Waals surface area contributed by atoms with Crippen molar-refractivity contribution < 1.29 is 17.7 Å². The van der Waals surface area contributed by atoms with Gasteiger partial charge < -0.3 is 4.52 Å². The van der Waals surface area contributed by atoms with E-state index in [9.17, 15) is 18.0 Å². The van der Waals surface area contributed by atoms with Crippen molar-refractivity contribution in [2.24, 2.45) is 0 Å². The van der Waals surface area contributed by atoms with Crippen LogP contribution < -0.4 is 5.56 Å². The van der Waals surface area contributed by atoms with Gasteiger partial charge in [-0.3, -0.25) is 4.79 Å². The van der Waals surface area contributed by atoms with Crippen LogP contribution in [-0.4, -0.2) is 25.3 Å². The topological polar surface area (TPSA) is 97.6 Å². The number of pyridine rings is 1. The van der Waals surface area contributed by atoms with E-state index in [4.69, 9.17) is 4.52 Å². The second kappa shape index (κ2) is 5.30. The average Bonchev–Trinajstić information content (AvgIpc) is 2.96. The fraction of sp³-hybridized carbons (Fsp3) is 0.154. The molecule has 1 N–H and O–H groups in total. The molecule has 0 unspecified atom stereocenters. The smallest absolute Gasteiger partial charge is 0.333 e. The van der Waals surface area contributed by atoms with E-state index in [1.807, 2.05) is 0 Å². The number of alkyl halides is 3. The quantitative estimate of drug-likeness (QED) is 0.776. The minimum Gasteiger partial charge on any atom is -0.333 e. The van der Waals surface area contributed by atoms with Gasteiger partial charge in [0.25, 0.3) is 11.4 Å². The first-order valence-corrected chi connectivity index (χ1v) is 6.29. The minimum atomic E-state index is -4.52. The summed E-state index contributed by atoms with van der Waals surface area (Å²) < 4.78 is 42.9. The third kappa shape index (κ3) is 2.96. The summed E-state index contributed by atoms with van der Waals surface area (Å²) in [4.78, 5) is 18.5. The van der Waals surface area contributed by atoms with Gasteiger partial charge in [-0.25, -0.2) is 10.1 Å². The lowest BCUT2D eigenvalue weighted by molar-refractivity contribution is -0.141. The van der Waals surface area contributed by atoms with Gasteiger partial charge in [-0.05, 0) is 25.1 Å². The Morgan fingerprint density at radius 3 is 2.52 bits per heavy atom. The highest BCUT2D eigenvalue weighted by atomic mass is 19.4. The first-order valence-electron chi connectivity index (χ1n) is 6.29. The van der Waals surface area contributed by atoms with Crippen LogP contribution >= 0.6 is 0 Å². The fourth-order valence-corrected chi connectivity index (χ4v) is 1.85. The van der Waals surface area contributed by atoms with E-state index in [0.29, 0.717) is 0 Å². The highest BCUT2D eigenvalue weighted by Gasteiger charge is 2.33. The molecule has 3 rings (SSSR count). The van der Waals surface area contributed by atoms with Crippen molar-refractivity contribution in [2.75, 3.05) is 0 Å². The lowest BCUT2D eigenvalue weighted by Gasteiger charge is -2.07. The van der Waals surface area contributed by atoms with Crippen LogP contribution in [0.25, 0.3) is 23.0 Å². The normalized spacial score (nSPS) is 11.7. The molecule has 3 aromatic heterocycles. The van der Waals surface area contributed by atoms with E-state index in [2.05, 4.69) is 25.3 Å². The van der Waals surface area contributed by atoms with Gasteiger partial charge in [-0.2, -0.15) is 23.3 Å². The molecule has 0 amide bonds. The van der Waals surface area contributed by atoms with Crippen molar-refractivity contribution in [2.45, 2.75) is 13.1 Å². The molecule has 0 saturated heterocycles. The van der Waals surface area contributed by atoms with Crippen LogP contribution in [0.5, 0.6) is 0 Å². The first kappa shape index (κ1) is 14.9. The van der Waals surface area contributed by atoms with Gasteiger partial charge in [-0.1, -0.05) is 5.16 Å². The van der Waals surface area contributed by atoms with Crippen molar-refractivity contribution in [3.05, 3.63) is 46.0 Å². The maximum absolute atomic E-state index is 12.6. The Kier molecular flexibility index (Phi) is 3.43. The van der Waals surface area contributed by atoms with Gasteiger partial charge in [0.15, 0.2) is 0 Å². The molecule has 3 heterocycles. The minimum absolute atomic E-state index is 0.00623. The zero-order valence-corrected chi connectivity index (χ0v) is 11.5. The van der Waals surface area contributed by atoms with Crippen molar-refractivity contribution in [3.8, 4) is 23.0 Å². The summed E-state index contributed by atoms with van der Waals surface area (Å²) in [5.41, 5.74) is -0.746. The Balaban J connectivity index is 1.97. The molecule has 118 valence electrons. The molecule has 0 aromatic carbocycles. The van der Waals surface area contributed by atoms with Crippen LogP contribution in [0.4, 0.5) is 13.2 Å². The highest BCUT2D eigenvalue weighted by molar-refractivity contribution is 5.59. The Hall–Kier alpha value is -3.04. The monoisotopic (exact) mass is 323 g/mol. The summed E-state index contributed by atoms with van der Waals surface area (Å²) in [7, 11) is 0. The Bertz CT molecular complexity index is 896. The summed E-state index contributed by atoms with van der Waals surface area (Å²) in [6.07, 6.45) is -4.52. The largest absolute Gasteiger partial charge is 0.433 e. The molecule has 0 aliphatic heterocycles. The van der Waals surface area contributed by atoms with Crippen LogP contribution in [-0.2, 0) is 6.18 Å². The maximum Gasteiger partial charge on any atom is 0.433 e. The van der Waals surface area contributed by atoms with E-state index in [-0.39, 0.29) is 34.2 Å². The van der Waals surface area contributed by atoms with Crippen molar-refractivity contribution in [1.82, 2.24) is 25.3 Å². The summed E-state index contributed by atoms with van der Waals surface area (Å²) in [6.45, 7) is 1.41. The van der Waals surface area contributed by atoms with Crippen molar-refractivity contribution in [1.29, 1.82) is 0 Å². The van der Waals surface area contributed by atoms with Gasteiger partial charge in [-0.15, -0.1) is 0 Å². The van der Waals surface area contributed by atoms with Gasteiger partial charge in [0.1, 0.15) is 11.4 Å². The highest BCUT2D eigenvalue weighted by Crippen LogP contribution is 2.30. The maximum atomic E-state index is 12.6. The van der Waals surface area contributed by atoms with Gasteiger partial charge in [0, 0.05) is 6.07 Å². The standard InChI is InChI=1S/C13H8F3N5O2/c1-6-7(2-4-9(17-6)13(14,15)16)12-18-11(21-23-12)8-3-5-10(22)20-19-8/h2-5H,1H3,(H,20,22). The first-order chi connectivity index (χ1) is 10.8. The summed E-state index contributed by atoms with van der Waals surface area (Å²) in [6, 6.07) is 4.68.